The van der Waals surface area contributed by atoms with E-state index >= 15 is 0 Å². The molecule has 19 heavy (non-hydrogen) atoms. The van der Waals surface area contributed by atoms with Gasteiger partial charge in [-0.2, -0.15) is 0 Å². The fourth-order valence-electron chi connectivity index (χ4n) is 2.65. The van der Waals surface area contributed by atoms with Crippen LogP contribution in [0.1, 0.15) is 58.8 Å². The maximum atomic E-state index is 11.9. The van der Waals surface area contributed by atoms with Gasteiger partial charge in [-0.25, -0.2) is 0 Å². The number of hydrogen-bond acceptors (Lipinski definition) is 4. The molecule has 0 aromatic carbocycles. The van der Waals surface area contributed by atoms with Crippen LogP contribution in [0.4, 0.5) is 0 Å². The molecule has 0 N–H and O–H groups in total. The molecule has 1 rings (SSSR count). The number of carbonyl (C=O) groups excluding carboxylic acids is 3. The number of esters is 1. The van der Waals surface area contributed by atoms with Gasteiger partial charge in [0.25, 0.3) is 0 Å². The maximum absolute atomic E-state index is 11.9. The quantitative estimate of drug-likeness (QED) is 0.422. The SMILES string of the molecule is COC(=O)CCCCCC1C(=O)CC(C)(C)CC1=O. The van der Waals surface area contributed by atoms with Gasteiger partial charge in [0.1, 0.15) is 11.6 Å². The molecule has 1 aliphatic carbocycles. The highest BCUT2D eigenvalue weighted by atomic mass is 16.5. The van der Waals surface area contributed by atoms with Crippen LogP contribution in [0.15, 0.2) is 0 Å². The Labute approximate surface area is 114 Å². The predicted molar refractivity (Wildman–Crippen MR) is 71.6 cm³/mol. The first-order valence-electron chi connectivity index (χ1n) is 6.98. The lowest BCUT2D eigenvalue weighted by Gasteiger charge is -2.31. The van der Waals surface area contributed by atoms with E-state index in [0.29, 0.717) is 25.7 Å². The summed E-state index contributed by atoms with van der Waals surface area (Å²) in [5, 5.41) is 0. The van der Waals surface area contributed by atoms with Crippen molar-refractivity contribution in [1.29, 1.82) is 0 Å². The first-order chi connectivity index (χ1) is 8.85. The van der Waals surface area contributed by atoms with Gasteiger partial charge >= 0.3 is 5.97 Å². The lowest BCUT2D eigenvalue weighted by molar-refractivity contribution is -0.142. The smallest absolute Gasteiger partial charge is 0.305 e. The summed E-state index contributed by atoms with van der Waals surface area (Å²) >= 11 is 0. The van der Waals surface area contributed by atoms with Crippen molar-refractivity contribution in [2.24, 2.45) is 11.3 Å². The van der Waals surface area contributed by atoms with Crippen molar-refractivity contribution in [2.75, 3.05) is 7.11 Å². The van der Waals surface area contributed by atoms with Gasteiger partial charge in [-0.05, 0) is 18.3 Å². The summed E-state index contributed by atoms with van der Waals surface area (Å²) in [6.45, 7) is 3.94. The van der Waals surface area contributed by atoms with Crippen molar-refractivity contribution < 1.29 is 19.1 Å². The van der Waals surface area contributed by atoms with E-state index in [-0.39, 0.29) is 23.0 Å². The highest BCUT2D eigenvalue weighted by Gasteiger charge is 2.38. The third-order valence-electron chi connectivity index (χ3n) is 3.68. The van der Waals surface area contributed by atoms with Gasteiger partial charge in [-0.1, -0.05) is 26.7 Å². The van der Waals surface area contributed by atoms with E-state index in [0.717, 1.165) is 19.3 Å². The molecule has 0 aromatic rings. The van der Waals surface area contributed by atoms with Crippen LogP contribution in [0.2, 0.25) is 0 Å². The molecule has 0 atom stereocenters. The number of ketones is 2. The van der Waals surface area contributed by atoms with Crippen LogP contribution in [0.25, 0.3) is 0 Å². The third kappa shape index (κ3) is 5.13. The number of methoxy groups -OCH3 is 1. The van der Waals surface area contributed by atoms with E-state index in [2.05, 4.69) is 4.74 Å². The Hall–Kier alpha value is -1.19. The van der Waals surface area contributed by atoms with Gasteiger partial charge in [-0.3, -0.25) is 14.4 Å². The summed E-state index contributed by atoms with van der Waals surface area (Å²) in [5.41, 5.74) is -0.171. The molecule has 1 aliphatic rings. The Morgan fingerprint density at radius 1 is 1.16 bits per heavy atom. The summed E-state index contributed by atoms with van der Waals surface area (Å²) < 4.78 is 4.56. The van der Waals surface area contributed by atoms with E-state index in [1.807, 2.05) is 13.8 Å². The van der Waals surface area contributed by atoms with Crippen LogP contribution in [0.3, 0.4) is 0 Å². The van der Waals surface area contributed by atoms with E-state index in [4.69, 9.17) is 0 Å². The highest BCUT2D eigenvalue weighted by Crippen LogP contribution is 2.35. The van der Waals surface area contributed by atoms with E-state index in [1.54, 1.807) is 0 Å². The first kappa shape index (κ1) is 15.9. The van der Waals surface area contributed by atoms with Crippen LogP contribution in [0, 0.1) is 11.3 Å². The second-order valence-electron chi connectivity index (χ2n) is 6.18. The summed E-state index contributed by atoms with van der Waals surface area (Å²) in [6, 6.07) is 0. The number of Topliss-reactive ketones (excluding diaryl/α,β-unsaturated/α-hetero) is 2. The fourth-order valence-corrected chi connectivity index (χ4v) is 2.65. The van der Waals surface area contributed by atoms with E-state index < -0.39 is 5.92 Å². The van der Waals surface area contributed by atoms with Crippen LogP contribution in [-0.2, 0) is 19.1 Å². The molecule has 1 saturated carbocycles. The molecule has 0 aliphatic heterocycles. The summed E-state index contributed by atoms with van der Waals surface area (Å²) in [4.78, 5) is 34.8. The minimum atomic E-state index is -0.397. The molecule has 0 unspecified atom stereocenters. The Kier molecular flexibility index (Phi) is 5.70. The number of unbranched alkanes of at least 4 members (excludes halogenated alkanes) is 2. The van der Waals surface area contributed by atoms with Crippen molar-refractivity contribution in [3.05, 3.63) is 0 Å². The zero-order valence-electron chi connectivity index (χ0n) is 12.2. The van der Waals surface area contributed by atoms with Crippen molar-refractivity contribution >= 4 is 17.5 Å². The van der Waals surface area contributed by atoms with Crippen LogP contribution in [0.5, 0.6) is 0 Å². The third-order valence-corrected chi connectivity index (χ3v) is 3.68. The molecule has 0 bridgehead atoms. The molecule has 108 valence electrons. The molecule has 0 saturated heterocycles. The first-order valence-corrected chi connectivity index (χ1v) is 6.98. The van der Waals surface area contributed by atoms with E-state index in [1.165, 1.54) is 7.11 Å². The van der Waals surface area contributed by atoms with Crippen molar-refractivity contribution in [1.82, 2.24) is 0 Å². The lowest BCUT2D eigenvalue weighted by Crippen LogP contribution is -2.37. The normalized spacial score (nSPS) is 19.5. The Morgan fingerprint density at radius 2 is 1.74 bits per heavy atom. The minimum absolute atomic E-state index is 0.0919. The molecule has 4 heteroatoms. The molecule has 1 fully saturated rings. The molecule has 4 nitrogen and oxygen atoms in total. The van der Waals surface area contributed by atoms with Gasteiger partial charge in [0.15, 0.2) is 0 Å². The number of rotatable bonds is 6. The zero-order chi connectivity index (χ0) is 14.5. The van der Waals surface area contributed by atoms with Crippen molar-refractivity contribution in [3.63, 3.8) is 0 Å². The van der Waals surface area contributed by atoms with Crippen molar-refractivity contribution in [2.45, 2.75) is 58.8 Å². The topological polar surface area (TPSA) is 60.4 Å². The molecular formula is C15H24O4. The average molecular weight is 268 g/mol. The largest absolute Gasteiger partial charge is 0.469 e. The van der Waals surface area contributed by atoms with Crippen LogP contribution < -0.4 is 0 Å². The molecule has 0 aromatic heterocycles. The maximum Gasteiger partial charge on any atom is 0.305 e. The fraction of sp³-hybridized carbons (Fsp3) is 0.800. The second-order valence-corrected chi connectivity index (χ2v) is 6.18. The molecule has 0 heterocycles. The summed E-state index contributed by atoms with van der Waals surface area (Å²) in [6.07, 6.45) is 4.49. The molecule has 0 spiro atoms. The van der Waals surface area contributed by atoms with Crippen LogP contribution >= 0.6 is 0 Å². The minimum Gasteiger partial charge on any atom is -0.469 e. The van der Waals surface area contributed by atoms with E-state index in [9.17, 15) is 14.4 Å². The Bertz CT molecular complexity index is 337. The highest BCUT2D eigenvalue weighted by molar-refractivity contribution is 6.05. The molecule has 0 amide bonds. The predicted octanol–water partition coefficient (Wildman–Crippen LogP) is 2.68. The molecule has 0 radical (unpaired) electrons. The van der Waals surface area contributed by atoms with Gasteiger partial charge in [0.2, 0.25) is 0 Å². The van der Waals surface area contributed by atoms with Gasteiger partial charge in [0.05, 0.1) is 13.0 Å². The van der Waals surface area contributed by atoms with Gasteiger partial charge in [-0.15, -0.1) is 0 Å². The zero-order valence-corrected chi connectivity index (χ0v) is 12.2. The number of ether oxygens (including phenoxy) is 1. The molecular weight excluding hydrogens is 244 g/mol. The average Bonchev–Trinajstić information content (AvgIpc) is 2.29. The Balaban J connectivity index is 2.28. The second kappa shape index (κ2) is 6.83. The monoisotopic (exact) mass is 268 g/mol. The summed E-state index contributed by atoms with van der Waals surface area (Å²) in [5.74, 6) is -0.416. The van der Waals surface area contributed by atoms with Gasteiger partial charge in [0, 0.05) is 19.3 Å². The number of hydrogen-bond donors (Lipinski definition) is 0. The number of carbonyl (C=O) groups is 3. The van der Waals surface area contributed by atoms with Crippen LogP contribution in [-0.4, -0.2) is 24.6 Å². The van der Waals surface area contributed by atoms with Gasteiger partial charge < -0.3 is 4.74 Å². The Morgan fingerprint density at radius 3 is 2.26 bits per heavy atom. The van der Waals surface area contributed by atoms with Crippen molar-refractivity contribution in [3.8, 4) is 0 Å². The standard InChI is InChI=1S/C15H24O4/c1-15(2)9-12(16)11(13(17)10-15)7-5-4-6-8-14(18)19-3/h11H,4-10H2,1-3H3. The lowest BCUT2D eigenvalue weighted by atomic mass is 9.70. The summed E-state index contributed by atoms with van der Waals surface area (Å²) in [7, 11) is 1.38.